The number of hydrogen-bond donors (Lipinski definition) is 2. The first kappa shape index (κ1) is 17.3. The van der Waals surface area contributed by atoms with Gasteiger partial charge in [0.2, 0.25) is 0 Å². The van der Waals surface area contributed by atoms with Crippen molar-refractivity contribution in [2.24, 2.45) is 5.92 Å². The fourth-order valence-electron chi connectivity index (χ4n) is 1.99. The van der Waals surface area contributed by atoms with E-state index in [1.807, 2.05) is 39.0 Å². The van der Waals surface area contributed by atoms with Crippen LogP contribution >= 0.6 is 0 Å². The average molecular weight is 295 g/mol. The topological polar surface area (TPSA) is 67.8 Å². The lowest BCUT2D eigenvalue weighted by molar-refractivity contribution is -0.140. The van der Waals surface area contributed by atoms with Gasteiger partial charge < -0.3 is 19.9 Å². The third kappa shape index (κ3) is 5.27. The molecule has 0 spiro atoms. The Balaban J connectivity index is 2.73. The zero-order valence-electron chi connectivity index (χ0n) is 13.2. The number of ether oxygens (including phenoxy) is 2. The van der Waals surface area contributed by atoms with Crippen molar-refractivity contribution >= 4 is 5.97 Å². The Morgan fingerprint density at radius 2 is 2.05 bits per heavy atom. The second kappa shape index (κ2) is 8.52. The molecule has 1 aromatic carbocycles. The van der Waals surface area contributed by atoms with E-state index in [0.29, 0.717) is 24.7 Å². The first-order chi connectivity index (χ1) is 9.99. The second-order valence-corrected chi connectivity index (χ2v) is 5.27. The van der Waals surface area contributed by atoms with Crippen LogP contribution in [0.15, 0.2) is 18.2 Å². The number of carboxylic acid groups (broad SMARTS) is 1. The number of hydrogen-bond acceptors (Lipinski definition) is 4. The third-order valence-corrected chi connectivity index (χ3v) is 3.15. The average Bonchev–Trinajstić information content (AvgIpc) is 2.45. The van der Waals surface area contributed by atoms with E-state index in [-0.39, 0.29) is 5.92 Å². The molecule has 0 amide bonds. The van der Waals surface area contributed by atoms with Crippen LogP contribution in [0.4, 0.5) is 0 Å². The molecule has 0 unspecified atom stereocenters. The Labute approximate surface area is 126 Å². The van der Waals surface area contributed by atoms with Crippen molar-refractivity contribution in [2.45, 2.75) is 39.8 Å². The van der Waals surface area contributed by atoms with E-state index in [0.717, 1.165) is 12.0 Å². The van der Waals surface area contributed by atoms with Crippen molar-refractivity contribution in [3.8, 4) is 11.5 Å². The Hall–Kier alpha value is -1.75. The minimum Gasteiger partial charge on any atom is -0.493 e. The molecule has 2 N–H and O–H groups in total. The van der Waals surface area contributed by atoms with Gasteiger partial charge in [-0.3, -0.25) is 4.79 Å². The summed E-state index contributed by atoms with van der Waals surface area (Å²) in [4.78, 5) is 11.2. The molecule has 0 aliphatic heterocycles. The van der Waals surface area contributed by atoms with Gasteiger partial charge in [-0.1, -0.05) is 26.8 Å². The van der Waals surface area contributed by atoms with Crippen molar-refractivity contribution in [1.82, 2.24) is 5.32 Å². The highest BCUT2D eigenvalue weighted by atomic mass is 16.5. The summed E-state index contributed by atoms with van der Waals surface area (Å²) in [6, 6.07) is 5.08. The minimum absolute atomic E-state index is 0.0246. The summed E-state index contributed by atoms with van der Waals surface area (Å²) in [5.74, 6) is 0.567. The van der Waals surface area contributed by atoms with E-state index in [9.17, 15) is 4.79 Å². The van der Waals surface area contributed by atoms with Crippen LogP contribution in [0.3, 0.4) is 0 Å². The van der Waals surface area contributed by atoms with Gasteiger partial charge in [-0.05, 0) is 30.0 Å². The summed E-state index contributed by atoms with van der Waals surface area (Å²) in [6.45, 7) is 6.92. The molecule has 0 bridgehead atoms. The summed E-state index contributed by atoms with van der Waals surface area (Å²) in [6.07, 6.45) is 0.932. The van der Waals surface area contributed by atoms with Gasteiger partial charge in [-0.2, -0.15) is 0 Å². The SMILES string of the molecule is CCCOc1ccc(CN[C@H](C(=O)O)C(C)C)cc1OC. The van der Waals surface area contributed by atoms with Crippen molar-refractivity contribution < 1.29 is 19.4 Å². The molecule has 118 valence electrons. The number of carbonyl (C=O) groups is 1. The van der Waals surface area contributed by atoms with Gasteiger partial charge in [0.05, 0.1) is 13.7 Å². The molecule has 0 radical (unpaired) electrons. The van der Waals surface area contributed by atoms with Crippen molar-refractivity contribution in [2.75, 3.05) is 13.7 Å². The van der Waals surface area contributed by atoms with E-state index in [4.69, 9.17) is 14.6 Å². The number of rotatable bonds is 9. The van der Waals surface area contributed by atoms with Gasteiger partial charge in [-0.25, -0.2) is 0 Å². The standard InChI is InChI=1S/C16H25NO4/c1-5-8-21-13-7-6-12(9-14(13)20-4)10-17-15(11(2)3)16(18)19/h6-7,9,11,15,17H,5,8,10H2,1-4H3,(H,18,19)/t15-/m0/s1. The highest BCUT2D eigenvalue weighted by Crippen LogP contribution is 2.28. The van der Waals surface area contributed by atoms with Gasteiger partial charge in [0.1, 0.15) is 6.04 Å². The first-order valence-corrected chi connectivity index (χ1v) is 7.25. The molecule has 0 aliphatic carbocycles. The van der Waals surface area contributed by atoms with Crippen LogP contribution in [-0.4, -0.2) is 30.8 Å². The van der Waals surface area contributed by atoms with Gasteiger partial charge in [-0.15, -0.1) is 0 Å². The quantitative estimate of drug-likeness (QED) is 0.733. The lowest BCUT2D eigenvalue weighted by Gasteiger charge is -2.18. The predicted octanol–water partition coefficient (Wildman–Crippen LogP) is 2.68. The molecule has 5 heteroatoms. The van der Waals surface area contributed by atoms with Gasteiger partial charge >= 0.3 is 5.97 Å². The summed E-state index contributed by atoms with van der Waals surface area (Å²) >= 11 is 0. The lowest BCUT2D eigenvalue weighted by Crippen LogP contribution is -2.40. The zero-order chi connectivity index (χ0) is 15.8. The molecular weight excluding hydrogens is 270 g/mol. The monoisotopic (exact) mass is 295 g/mol. The molecule has 0 aliphatic rings. The molecule has 0 saturated carbocycles. The molecule has 1 aromatic rings. The first-order valence-electron chi connectivity index (χ1n) is 7.25. The highest BCUT2D eigenvalue weighted by Gasteiger charge is 2.20. The normalized spacial score (nSPS) is 12.2. The zero-order valence-corrected chi connectivity index (χ0v) is 13.2. The summed E-state index contributed by atoms with van der Waals surface area (Å²) in [7, 11) is 1.60. The summed E-state index contributed by atoms with van der Waals surface area (Å²) in [5.41, 5.74) is 0.961. The predicted molar refractivity (Wildman–Crippen MR) is 81.9 cm³/mol. The van der Waals surface area contributed by atoms with Gasteiger partial charge in [0.15, 0.2) is 11.5 Å². The van der Waals surface area contributed by atoms with Crippen LogP contribution in [-0.2, 0) is 11.3 Å². The largest absolute Gasteiger partial charge is 0.493 e. The fourth-order valence-corrected chi connectivity index (χ4v) is 1.99. The van der Waals surface area contributed by atoms with E-state index in [1.165, 1.54) is 0 Å². The van der Waals surface area contributed by atoms with Crippen LogP contribution in [0.2, 0.25) is 0 Å². The molecular formula is C16H25NO4. The Morgan fingerprint density at radius 3 is 2.57 bits per heavy atom. The Kier molecular flexibility index (Phi) is 7.02. The van der Waals surface area contributed by atoms with Crippen LogP contribution in [0.25, 0.3) is 0 Å². The third-order valence-electron chi connectivity index (χ3n) is 3.15. The molecule has 1 rings (SSSR count). The van der Waals surface area contributed by atoms with Crippen LogP contribution in [0, 0.1) is 5.92 Å². The molecule has 21 heavy (non-hydrogen) atoms. The van der Waals surface area contributed by atoms with Crippen molar-refractivity contribution in [1.29, 1.82) is 0 Å². The van der Waals surface area contributed by atoms with Crippen LogP contribution in [0.5, 0.6) is 11.5 Å². The number of carboxylic acids is 1. The summed E-state index contributed by atoms with van der Waals surface area (Å²) < 4.78 is 10.9. The van der Waals surface area contributed by atoms with Crippen LogP contribution < -0.4 is 14.8 Å². The smallest absolute Gasteiger partial charge is 0.320 e. The second-order valence-electron chi connectivity index (χ2n) is 5.27. The molecule has 1 atom stereocenters. The molecule has 5 nitrogen and oxygen atoms in total. The fraction of sp³-hybridized carbons (Fsp3) is 0.562. The van der Waals surface area contributed by atoms with Gasteiger partial charge in [0.25, 0.3) is 0 Å². The van der Waals surface area contributed by atoms with E-state index in [2.05, 4.69) is 5.32 Å². The number of nitrogens with one attached hydrogen (secondary N) is 1. The maximum Gasteiger partial charge on any atom is 0.320 e. The van der Waals surface area contributed by atoms with E-state index < -0.39 is 12.0 Å². The van der Waals surface area contributed by atoms with Crippen molar-refractivity contribution in [3.63, 3.8) is 0 Å². The molecule has 0 fully saturated rings. The molecule has 0 heterocycles. The molecule has 0 saturated heterocycles. The number of methoxy groups -OCH3 is 1. The van der Waals surface area contributed by atoms with E-state index in [1.54, 1.807) is 7.11 Å². The number of benzene rings is 1. The van der Waals surface area contributed by atoms with Crippen molar-refractivity contribution in [3.05, 3.63) is 23.8 Å². The Morgan fingerprint density at radius 1 is 1.33 bits per heavy atom. The maximum absolute atomic E-state index is 11.2. The van der Waals surface area contributed by atoms with E-state index >= 15 is 0 Å². The summed E-state index contributed by atoms with van der Waals surface area (Å²) in [5, 5.41) is 12.2. The Bertz CT molecular complexity index is 460. The maximum atomic E-state index is 11.2. The lowest BCUT2D eigenvalue weighted by atomic mass is 10.0. The van der Waals surface area contributed by atoms with Gasteiger partial charge in [0, 0.05) is 6.54 Å². The van der Waals surface area contributed by atoms with Crippen LogP contribution in [0.1, 0.15) is 32.8 Å². The minimum atomic E-state index is -0.833. The number of aliphatic carboxylic acids is 1. The highest BCUT2D eigenvalue weighted by molar-refractivity contribution is 5.73. The molecule has 0 aromatic heterocycles.